The zero-order valence-electron chi connectivity index (χ0n) is 10.8. The maximum atomic E-state index is 5.66. The summed E-state index contributed by atoms with van der Waals surface area (Å²) in [6.07, 6.45) is 3.45. The number of methoxy groups -OCH3 is 1. The zero-order valence-corrected chi connectivity index (χ0v) is 10.8. The van der Waals surface area contributed by atoms with Crippen molar-refractivity contribution in [2.45, 2.75) is 52.1 Å². The summed E-state index contributed by atoms with van der Waals surface area (Å²) in [7, 11) is 1.76. The zero-order chi connectivity index (χ0) is 11.7. The molecule has 0 rings (SSSR count). The van der Waals surface area contributed by atoms with E-state index in [1.807, 2.05) is 0 Å². The molecule has 0 aliphatic carbocycles. The van der Waals surface area contributed by atoms with Gasteiger partial charge >= 0.3 is 0 Å². The Morgan fingerprint density at radius 1 is 1.27 bits per heavy atom. The van der Waals surface area contributed by atoms with Crippen molar-refractivity contribution in [3.8, 4) is 0 Å². The van der Waals surface area contributed by atoms with Crippen molar-refractivity contribution in [1.29, 1.82) is 0 Å². The van der Waals surface area contributed by atoms with Gasteiger partial charge in [0.15, 0.2) is 0 Å². The lowest BCUT2D eigenvalue weighted by atomic mass is 10.1. The lowest BCUT2D eigenvalue weighted by Crippen LogP contribution is -2.44. The third-order valence-corrected chi connectivity index (χ3v) is 3.15. The van der Waals surface area contributed by atoms with Crippen LogP contribution in [0.5, 0.6) is 0 Å². The molecule has 0 amide bonds. The number of ether oxygens (including phenoxy) is 1. The number of rotatable bonds is 9. The summed E-state index contributed by atoms with van der Waals surface area (Å²) in [5.74, 6) is 0. The number of nitrogens with zero attached hydrogens (tertiary/aromatic N) is 1. The van der Waals surface area contributed by atoms with Crippen molar-refractivity contribution in [2.75, 3.05) is 26.8 Å². The Balaban J connectivity index is 4.28. The molecule has 0 aliphatic heterocycles. The van der Waals surface area contributed by atoms with Gasteiger partial charge < -0.3 is 10.5 Å². The molecular formula is C12H28N2O. The molecule has 0 spiro atoms. The smallest absolute Gasteiger partial charge is 0.0589 e. The van der Waals surface area contributed by atoms with E-state index in [-0.39, 0.29) is 0 Å². The Hall–Kier alpha value is -0.120. The number of nitrogens with two attached hydrogens (primary N) is 1. The van der Waals surface area contributed by atoms with Crippen LogP contribution in [0, 0.1) is 0 Å². The van der Waals surface area contributed by atoms with Gasteiger partial charge in [-0.15, -0.1) is 0 Å². The average molecular weight is 216 g/mol. The average Bonchev–Trinajstić information content (AvgIpc) is 2.27. The first kappa shape index (κ1) is 14.9. The minimum Gasteiger partial charge on any atom is -0.383 e. The summed E-state index contributed by atoms with van der Waals surface area (Å²) < 4.78 is 5.17. The second kappa shape index (κ2) is 9.13. The molecule has 0 aromatic carbocycles. The molecule has 0 saturated carbocycles. The van der Waals surface area contributed by atoms with Gasteiger partial charge in [0.2, 0.25) is 0 Å². The number of hydrogen-bond donors (Lipinski definition) is 1. The minimum atomic E-state index is 0.611. The van der Waals surface area contributed by atoms with Gasteiger partial charge in [0.1, 0.15) is 0 Å². The van der Waals surface area contributed by atoms with E-state index in [1.165, 1.54) is 12.8 Å². The molecule has 0 saturated heterocycles. The normalized spacial score (nSPS) is 15.6. The van der Waals surface area contributed by atoms with Crippen LogP contribution in [0.4, 0.5) is 0 Å². The van der Waals surface area contributed by atoms with Crippen LogP contribution in [0.3, 0.4) is 0 Å². The second-order valence-electron chi connectivity index (χ2n) is 4.13. The Bertz CT molecular complexity index is 142. The lowest BCUT2D eigenvalue weighted by Gasteiger charge is -2.35. The summed E-state index contributed by atoms with van der Waals surface area (Å²) in [6, 6.07) is 1.23. The third kappa shape index (κ3) is 5.50. The van der Waals surface area contributed by atoms with Gasteiger partial charge in [-0.2, -0.15) is 0 Å². The fourth-order valence-electron chi connectivity index (χ4n) is 1.99. The highest BCUT2D eigenvalue weighted by Crippen LogP contribution is 2.14. The van der Waals surface area contributed by atoms with E-state index < -0.39 is 0 Å². The Kier molecular flexibility index (Phi) is 9.06. The first-order chi connectivity index (χ1) is 7.21. The topological polar surface area (TPSA) is 38.5 Å². The molecule has 0 radical (unpaired) electrons. The summed E-state index contributed by atoms with van der Waals surface area (Å²) in [5, 5.41) is 0. The molecule has 0 aromatic rings. The molecular weight excluding hydrogens is 188 g/mol. The summed E-state index contributed by atoms with van der Waals surface area (Å²) in [4.78, 5) is 2.54. The van der Waals surface area contributed by atoms with Crippen LogP contribution in [0.25, 0.3) is 0 Å². The molecule has 0 aliphatic rings. The largest absolute Gasteiger partial charge is 0.383 e. The molecule has 2 N–H and O–H groups in total. The van der Waals surface area contributed by atoms with Crippen LogP contribution in [-0.4, -0.2) is 43.8 Å². The highest BCUT2D eigenvalue weighted by molar-refractivity contribution is 4.75. The van der Waals surface area contributed by atoms with Gasteiger partial charge in [-0.25, -0.2) is 0 Å². The number of hydrogen-bond acceptors (Lipinski definition) is 3. The van der Waals surface area contributed by atoms with E-state index in [4.69, 9.17) is 10.5 Å². The molecule has 92 valence electrons. The van der Waals surface area contributed by atoms with Gasteiger partial charge in [0, 0.05) is 25.7 Å². The quantitative estimate of drug-likeness (QED) is 0.639. The van der Waals surface area contributed by atoms with Gasteiger partial charge in [-0.1, -0.05) is 13.8 Å². The van der Waals surface area contributed by atoms with Crippen LogP contribution in [-0.2, 0) is 4.74 Å². The first-order valence-corrected chi connectivity index (χ1v) is 6.15. The second-order valence-corrected chi connectivity index (χ2v) is 4.13. The fourth-order valence-corrected chi connectivity index (χ4v) is 1.99. The SMILES string of the molecule is CCC(C)N(CCOC)C(CC)CCN. The molecule has 0 fully saturated rings. The molecule has 15 heavy (non-hydrogen) atoms. The summed E-state index contributed by atoms with van der Waals surface area (Å²) >= 11 is 0. The van der Waals surface area contributed by atoms with Crippen molar-refractivity contribution < 1.29 is 4.74 Å². The van der Waals surface area contributed by atoms with Crippen molar-refractivity contribution in [1.82, 2.24) is 4.90 Å². The molecule has 2 unspecified atom stereocenters. The van der Waals surface area contributed by atoms with Gasteiger partial charge in [-0.3, -0.25) is 4.90 Å². The highest BCUT2D eigenvalue weighted by Gasteiger charge is 2.19. The van der Waals surface area contributed by atoms with E-state index in [1.54, 1.807) is 7.11 Å². The summed E-state index contributed by atoms with van der Waals surface area (Å²) in [5.41, 5.74) is 5.66. The Morgan fingerprint density at radius 2 is 1.93 bits per heavy atom. The van der Waals surface area contributed by atoms with Crippen LogP contribution >= 0.6 is 0 Å². The van der Waals surface area contributed by atoms with Crippen molar-refractivity contribution in [3.63, 3.8) is 0 Å². The van der Waals surface area contributed by atoms with E-state index in [0.29, 0.717) is 12.1 Å². The van der Waals surface area contributed by atoms with Crippen LogP contribution < -0.4 is 5.73 Å². The van der Waals surface area contributed by atoms with Crippen LogP contribution in [0.15, 0.2) is 0 Å². The Labute approximate surface area is 95.0 Å². The molecule has 2 atom stereocenters. The van der Waals surface area contributed by atoms with Crippen molar-refractivity contribution >= 4 is 0 Å². The maximum Gasteiger partial charge on any atom is 0.0589 e. The molecule has 3 heteroatoms. The predicted molar refractivity (Wildman–Crippen MR) is 66.1 cm³/mol. The highest BCUT2D eigenvalue weighted by atomic mass is 16.5. The monoisotopic (exact) mass is 216 g/mol. The van der Waals surface area contributed by atoms with Gasteiger partial charge in [-0.05, 0) is 32.7 Å². The van der Waals surface area contributed by atoms with Crippen molar-refractivity contribution in [2.24, 2.45) is 5.73 Å². The lowest BCUT2D eigenvalue weighted by molar-refractivity contribution is 0.0830. The molecule has 0 bridgehead atoms. The van der Waals surface area contributed by atoms with Crippen LogP contribution in [0.1, 0.15) is 40.0 Å². The summed E-state index contributed by atoms with van der Waals surface area (Å²) in [6.45, 7) is 9.37. The predicted octanol–water partition coefficient (Wildman–Crippen LogP) is 1.86. The third-order valence-electron chi connectivity index (χ3n) is 3.15. The van der Waals surface area contributed by atoms with E-state index in [2.05, 4.69) is 25.7 Å². The van der Waals surface area contributed by atoms with Crippen LogP contribution in [0.2, 0.25) is 0 Å². The fraction of sp³-hybridized carbons (Fsp3) is 1.00. The molecule has 3 nitrogen and oxygen atoms in total. The standard InChI is InChI=1S/C12H28N2O/c1-5-11(3)14(9-10-15-4)12(6-2)7-8-13/h11-12H,5-10,13H2,1-4H3. The van der Waals surface area contributed by atoms with E-state index >= 15 is 0 Å². The van der Waals surface area contributed by atoms with Gasteiger partial charge in [0.25, 0.3) is 0 Å². The van der Waals surface area contributed by atoms with Gasteiger partial charge in [0.05, 0.1) is 6.61 Å². The van der Waals surface area contributed by atoms with E-state index in [9.17, 15) is 0 Å². The van der Waals surface area contributed by atoms with Crippen molar-refractivity contribution in [3.05, 3.63) is 0 Å². The first-order valence-electron chi connectivity index (χ1n) is 6.15. The minimum absolute atomic E-state index is 0.611. The maximum absolute atomic E-state index is 5.66. The molecule has 0 heterocycles. The van der Waals surface area contributed by atoms with E-state index in [0.717, 1.165) is 26.1 Å². The Morgan fingerprint density at radius 3 is 2.33 bits per heavy atom. The molecule has 0 aromatic heterocycles.